The zero-order valence-electron chi connectivity index (χ0n) is 6.09. The smallest absolute Gasteiger partial charge is 0.0277 e. The van der Waals surface area contributed by atoms with Crippen LogP contribution in [-0.4, -0.2) is 13.3 Å². The summed E-state index contributed by atoms with van der Waals surface area (Å²) in [7, 11) is 1.76. The molecule has 0 aliphatic carbocycles. The van der Waals surface area contributed by atoms with Crippen molar-refractivity contribution in [1.29, 1.82) is 0 Å². The van der Waals surface area contributed by atoms with Crippen LogP contribution in [0, 0.1) is 0 Å². The average Bonchev–Trinajstić information content (AvgIpc) is 1.91. The Labute approximate surface area is 56.8 Å². The minimum Gasteiger partial charge on any atom is -0.297 e. The van der Waals surface area contributed by atoms with Crippen LogP contribution in [0.25, 0.3) is 0 Å². The third-order valence-corrected chi connectivity index (χ3v) is 1.11. The van der Waals surface area contributed by atoms with Crippen molar-refractivity contribution in [1.82, 2.24) is 0 Å². The number of rotatable bonds is 3. The number of hydrogen-bond acceptors (Lipinski definition) is 1. The van der Waals surface area contributed by atoms with E-state index in [2.05, 4.69) is 18.5 Å². The van der Waals surface area contributed by atoms with E-state index >= 15 is 0 Å². The number of allylic oxidation sites excluding steroid dienone is 3. The molecule has 0 bridgehead atoms. The lowest BCUT2D eigenvalue weighted by molar-refractivity contribution is 1.15. The molecule has 0 atom stereocenters. The first-order valence-corrected chi connectivity index (χ1v) is 3.09. The van der Waals surface area contributed by atoms with Crippen molar-refractivity contribution in [3.63, 3.8) is 0 Å². The van der Waals surface area contributed by atoms with Crippen LogP contribution in [0.5, 0.6) is 0 Å². The van der Waals surface area contributed by atoms with Crippen LogP contribution in [0.3, 0.4) is 0 Å². The Morgan fingerprint density at radius 3 is 2.67 bits per heavy atom. The van der Waals surface area contributed by atoms with Gasteiger partial charge in [-0.05, 0) is 18.1 Å². The highest BCUT2D eigenvalue weighted by Crippen LogP contribution is 1.98. The monoisotopic (exact) mass is 123 g/mol. The Kier molecular flexibility index (Phi) is 4.79. The van der Waals surface area contributed by atoms with Gasteiger partial charge in [-0.15, -0.1) is 0 Å². The van der Waals surface area contributed by atoms with Crippen molar-refractivity contribution < 1.29 is 0 Å². The first kappa shape index (κ1) is 8.15. The molecule has 9 heavy (non-hydrogen) atoms. The van der Waals surface area contributed by atoms with Gasteiger partial charge in [-0.1, -0.05) is 19.6 Å². The second-order valence-corrected chi connectivity index (χ2v) is 1.71. The van der Waals surface area contributed by atoms with Crippen molar-refractivity contribution in [3.8, 4) is 0 Å². The normalized spacial score (nSPS) is 12.4. The number of aliphatic imine (C=N–C) groups is 1. The fourth-order valence-corrected chi connectivity index (χ4v) is 0.501. The summed E-state index contributed by atoms with van der Waals surface area (Å²) in [6.07, 6.45) is 6.62. The lowest BCUT2D eigenvalue weighted by Crippen LogP contribution is -1.73. The minimum atomic E-state index is 1.02. The Morgan fingerprint density at radius 2 is 2.33 bits per heavy atom. The van der Waals surface area contributed by atoms with Gasteiger partial charge in [0.05, 0.1) is 0 Å². The summed E-state index contributed by atoms with van der Waals surface area (Å²) in [5, 5.41) is 0. The molecule has 0 heterocycles. The molecular formula is C8H13N. The topological polar surface area (TPSA) is 12.4 Å². The predicted octanol–water partition coefficient (Wildman–Crippen LogP) is 2.21. The van der Waals surface area contributed by atoms with Crippen molar-refractivity contribution in [2.75, 3.05) is 7.05 Å². The third-order valence-electron chi connectivity index (χ3n) is 1.11. The summed E-state index contributed by atoms with van der Waals surface area (Å²) in [6.45, 7) is 5.75. The van der Waals surface area contributed by atoms with Crippen LogP contribution in [0.15, 0.2) is 29.3 Å². The molecule has 1 heteroatoms. The molecule has 0 aromatic carbocycles. The van der Waals surface area contributed by atoms with Gasteiger partial charge in [0.1, 0.15) is 0 Å². The second-order valence-electron chi connectivity index (χ2n) is 1.71. The molecule has 0 unspecified atom stereocenters. The fraction of sp³-hybridized carbons (Fsp3) is 0.375. The van der Waals surface area contributed by atoms with Gasteiger partial charge in [0, 0.05) is 13.3 Å². The van der Waals surface area contributed by atoms with Crippen molar-refractivity contribution in [2.24, 2.45) is 4.99 Å². The summed E-state index contributed by atoms with van der Waals surface area (Å²) in [5.41, 5.74) is 1.22. The van der Waals surface area contributed by atoms with E-state index in [0.717, 1.165) is 6.42 Å². The first-order chi connectivity index (χ1) is 4.35. The van der Waals surface area contributed by atoms with E-state index in [0.29, 0.717) is 0 Å². The van der Waals surface area contributed by atoms with Gasteiger partial charge < -0.3 is 0 Å². The molecule has 0 spiro atoms. The highest BCUT2D eigenvalue weighted by molar-refractivity contribution is 5.72. The average molecular weight is 123 g/mol. The van der Waals surface area contributed by atoms with Crippen molar-refractivity contribution in [3.05, 3.63) is 24.3 Å². The van der Waals surface area contributed by atoms with Gasteiger partial charge >= 0.3 is 0 Å². The van der Waals surface area contributed by atoms with E-state index < -0.39 is 0 Å². The summed E-state index contributed by atoms with van der Waals surface area (Å²) in [4.78, 5) is 3.82. The molecule has 0 aromatic heterocycles. The van der Waals surface area contributed by atoms with Gasteiger partial charge in [0.2, 0.25) is 0 Å². The minimum absolute atomic E-state index is 1.02. The third kappa shape index (κ3) is 3.71. The van der Waals surface area contributed by atoms with E-state index in [4.69, 9.17) is 0 Å². The maximum absolute atomic E-state index is 3.82. The SMILES string of the molecule is C=C/C(=C/C=NC)CC. The molecule has 50 valence electrons. The van der Waals surface area contributed by atoms with Crippen molar-refractivity contribution in [2.45, 2.75) is 13.3 Å². The lowest BCUT2D eigenvalue weighted by Gasteiger charge is -1.89. The van der Waals surface area contributed by atoms with Gasteiger partial charge in [-0.25, -0.2) is 0 Å². The second kappa shape index (κ2) is 5.29. The number of hydrogen-bond donors (Lipinski definition) is 0. The van der Waals surface area contributed by atoms with Crippen LogP contribution in [-0.2, 0) is 0 Å². The van der Waals surface area contributed by atoms with E-state index in [1.165, 1.54) is 5.57 Å². The van der Waals surface area contributed by atoms with Crippen LogP contribution >= 0.6 is 0 Å². The Bertz CT molecular complexity index is 132. The Morgan fingerprint density at radius 1 is 1.67 bits per heavy atom. The van der Waals surface area contributed by atoms with Gasteiger partial charge in [-0.3, -0.25) is 4.99 Å². The van der Waals surface area contributed by atoms with Gasteiger partial charge in [-0.2, -0.15) is 0 Å². The molecule has 0 amide bonds. The molecule has 1 nitrogen and oxygen atoms in total. The van der Waals surface area contributed by atoms with Crippen LogP contribution in [0.4, 0.5) is 0 Å². The molecule has 0 aromatic rings. The maximum atomic E-state index is 3.82. The van der Waals surface area contributed by atoms with Crippen LogP contribution in [0.2, 0.25) is 0 Å². The predicted molar refractivity (Wildman–Crippen MR) is 43.0 cm³/mol. The van der Waals surface area contributed by atoms with Gasteiger partial charge in [0.25, 0.3) is 0 Å². The standard InChI is InChI=1S/C8H13N/c1-4-8(5-2)6-7-9-3/h4,6-7H,1,5H2,2-3H3/b8-6-,9-7?. The maximum Gasteiger partial charge on any atom is 0.0277 e. The summed E-state index contributed by atoms with van der Waals surface area (Å²) >= 11 is 0. The zero-order valence-corrected chi connectivity index (χ0v) is 6.09. The van der Waals surface area contributed by atoms with E-state index in [1.807, 2.05) is 12.2 Å². The summed E-state index contributed by atoms with van der Waals surface area (Å²) < 4.78 is 0. The molecule has 0 saturated carbocycles. The summed E-state index contributed by atoms with van der Waals surface area (Å²) in [5.74, 6) is 0. The Hall–Kier alpha value is -0.850. The van der Waals surface area contributed by atoms with E-state index in [-0.39, 0.29) is 0 Å². The molecule has 0 fully saturated rings. The van der Waals surface area contributed by atoms with E-state index in [9.17, 15) is 0 Å². The fourth-order valence-electron chi connectivity index (χ4n) is 0.501. The first-order valence-electron chi connectivity index (χ1n) is 3.09. The quantitative estimate of drug-likeness (QED) is 0.403. The molecule has 0 rings (SSSR count). The lowest BCUT2D eigenvalue weighted by atomic mass is 10.2. The molecule has 0 radical (unpaired) electrons. The molecule has 0 saturated heterocycles. The zero-order chi connectivity index (χ0) is 7.11. The summed E-state index contributed by atoms with van der Waals surface area (Å²) in [6, 6.07) is 0. The molecule has 0 aliphatic rings. The number of nitrogens with zero attached hydrogens (tertiary/aromatic N) is 1. The highest BCUT2D eigenvalue weighted by Gasteiger charge is 1.80. The highest BCUT2D eigenvalue weighted by atomic mass is 14.6. The van der Waals surface area contributed by atoms with Crippen LogP contribution in [0.1, 0.15) is 13.3 Å². The molecular weight excluding hydrogens is 110 g/mol. The Balaban J connectivity index is 3.90. The largest absolute Gasteiger partial charge is 0.297 e. The van der Waals surface area contributed by atoms with Crippen molar-refractivity contribution >= 4 is 6.21 Å². The molecule has 0 N–H and O–H groups in total. The van der Waals surface area contributed by atoms with E-state index in [1.54, 1.807) is 13.3 Å². The molecule has 0 aliphatic heterocycles. The van der Waals surface area contributed by atoms with Gasteiger partial charge in [0.15, 0.2) is 0 Å². The van der Waals surface area contributed by atoms with Crippen LogP contribution < -0.4 is 0 Å².